The predicted molar refractivity (Wildman–Crippen MR) is 101 cm³/mol. The number of anilines is 3. The first kappa shape index (κ1) is 18.0. The van der Waals surface area contributed by atoms with Crippen molar-refractivity contribution >= 4 is 44.8 Å². The first-order valence-corrected chi connectivity index (χ1v) is 8.41. The average molecular weight is 390 g/mol. The van der Waals surface area contributed by atoms with Crippen LogP contribution in [0.2, 0.25) is 0 Å². The summed E-state index contributed by atoms with van der Waals surface area (Å²) in [6.07, 6.45) is 0.360. The van der Waals surface area contributed by atoms with Gasteiger partial charge in [0.1, 0.15) is 0 Å². The number of amides is 2. The normalized spacial score (nSPS) is 10.1. The van der Waals surface area contributed by atoms with Crippen molar-refractivity contribution in [3.8, 4) is 0 Å². The molecule has 126 valence electrons. The zero-order valence-corrected chi connectivity index (χ0v) is 15.2. The van der Waals surface area contributed by atoms with Crippen molar-refractivity contribution in [2.45, 2.75) is 20.3 Å². The molecule has 6 heteroatoms. The summed E-state index contributed by atoms with van der Waals surface area (Å²) in [5.41, 5.74) is 3.54. The maximum atomic E-state index is 12.0. The third-order valence-corrected chi connectivity index (χ3v) is 4.20. The lowest BCUT2D eigenvalue weighted by atomic mass is 10.2. The number of carbonyl (C=O) groups is 2. The molecule has 0 saturated carbocycles. The molecule has 0 bridgehead atoms. The average Bonchev–Trinajstić information content (AvgIpc) is 2.52. The smallest absolute Gasteiger partial charge is 0.226 e. The number of carbonyl (C=O) groups excluding carboxylic acids is 2. The third kappa shape index (κ3) is 5.70. The Balaban J connectivity index is 1.78. The zero-order valence-electron chi connectivity index (χ0n) is 13.7. The number of halogens is 1. The van der Waals surface area contributed by atoms with Gasteiger partial charge in [0.05, 0.1) is 0 Å². The quantitative estimate of drug-likeness (QED) is 0.694. The molecule has 0 aromatic heterocycles. The van der Waals surface area contributed by atoms with Crippen LogP contribution in [0.3, 0.4) is 0 Å². The molecule has 0 atom stereocenters. The Labute approximate surface area is 150 Å². The van der Waals surface area contributed by atoms with Crippen LogP contribution in [-0.2, 0) is 9.59 Å². The van der Waals surface area contributed by atoms with Crippen LogP contribution in [0.4, 0.5) is 17.1 Å². The maximum Gasteiger partial charge on any atom is 0.226 e. The van der Waals surface area contributed by atoms with Crippen molar-refractivity contribution in [3.05, 3.63) is 52.5 Å². The summed E-state index contributed by atoms with van der Waals surface area (Å²) in [6.45, 7) is 4.03. The Morgan fingerprint density at radius 2 is 1.54 bits per heavy atom. The van der Waals surface area contributed by atoms with E-state index in [1.165, 1.54) is 12.5 Å². The summed E-state index contributed by atoms with van der Waals surface area (Å²) >= 11 is 3.49. The van der Waals surface area contributed by atoms with Crippen LogP contribution >= 0.6 is 15.9 Å². The highest BCUT2D eigenvalue weighted by Crippen LogP contribution is 2.20. The Kier molecular flexibility index (Phi) is 6.37. The largest absolute Gasteiger partial charge is 0.384 e. The second-order valence-electron chi connectivity index (χ2n) is 5.45. The first-order chi connectivity index (χ1) is 11.4. The fourth-order valence-electron chi connectivity index (χ4n) is 2.09. The molecule has 0 radical (unpaired) electrons. The highest BCUT2D eigenvalue weighted by molar-refractivity contribution is 9.10. The topological polar surface area (TPSA) is 70.2 Å². The van der Waals surface area contributed by atoms with Gasteiger partial charge >= 0.3 is 0 Å². The number of rotatable bonds is 6. The lowest BCUT2D eigenvalue weighted by molar-refractivity contribution is -0.116. The number of aryl methyl sites for hydroxylation is 1. The van der Waals surface area contributed by atoms with E-state index in [0.29, 0.717) is 24.3 Å². The highest BCUT2D eigenvalue weighted by atomic mass is 79.9. The summed E-state index contributed by atoms with van der Waals surface area (Å²) in [5.74, 6) is -0.193. The van der Waals surface area contributed by atoms with Gasteiger partial charge in [0, 0.05) is 41.4 Å². The fraction of sp³-hybridized carbons (Fsp3) is 0.222. The molecule has 0 saturated heterocycles. The molecular weight excluding hydrogens is 370 g/mol. The van der Waals surface area contributed by atoms with Gasteiger partial charge in [-0.1, -0.05) is 22.0 Å². The van der Waals surface area contributed by atoms with Crippen molar-refractivity contribution < 1.29 is 9.59 Å². The van der Waals surface area contributed by atoms with Gasteiger partial charge < -0.3 is 16.0 Å². The molecule has 2 amide bonds. The lowest BCUT2D eigenvalue weighted by Crippen LogP contribution is -2.16. The monoisotopic (exact) mass is 389 g/mol. The summed E-state index contributed by atoms with van der Waals surface area (Å²) < 4.78 is 1.04. The third-order valence-electron chi connectivity index (χ3n) is 3.34. The van der Waals surface area contributed by atoms with E-state index in [-0.39, 0.29) is 11.8 Å². The molecule has 0 unspecified atom stereocenters. The van der Waals surface area contributed by atoms with E-state index in [4.69, 9.17) is 0 Å². The summed E-state index contributed by atoms with van der Waals surface area (Å²) in [6, 6.07) is 13.0. The van der Waals surface area contributed by atoms with Crippen molar-refractivity contribution in [2.24, 2.45) is 0 Å². The van der Waals surface area contributed by atoms with Crippen LogP contribution in [0, 0.1) is 6.92 Å². The van der Waals surface area contributed by atoms with Crippen LogP contribution in [0.5, 0.6) is 0 Å². The van der Waals surface area contributed by atoms with Crippen molar-refractivity contribution in [1.29, 1.82) is 0 Å². The Morgan fingerprint density at radius 1 is 0.958 bits per heavy atom. The summed E-state index contributed by atoms with van der Waals surface area (Å²) in [5, 5.41) is 8.73. The standard InChI is InChI=1S/C18H20BrN3O2/c1-12-3-4-16(11-17(12)19)20-10-9-18(24)22-15-7-5-14(6-8-15)21-13(2)23/h3-8,11,20H,9-10H2,1-2H3,(H,21,23)(H,22,24). The SMILES string of the molecule is CC(=O)Nc1ccc(NC(=O)CCNc2ccc(C)c(Br)c2)cc1. The fourth-order valence-corrected chi connectivity index (χ4v) is 2.47. The van der Waals surface area contributed by atoms with Gasteiger partial charge in [-0.05, 0) is 48.9 Å². The van der Waals surface area contributed by atoms with Crippen molar-refractivity contribution in [2.75, 3.05) is 22.5 Å². The molecule has 3 N–H and O–H groups in total. The highest BCUT2D eigenvalue weighted by Gasteiger charge is 2.04. The van der Waals surface area contributed by atoms with Crippen LogP contribution in [0.25, 0.3) is 0 Å². The first-order valence-electron chi connectivity index (χ1n) is 7.61. The zero-order chi connectivity index (χ0) is 17.5. The second-order valence-corrected chi connectivity index (χ2v) is 6.30. The van der Waals surface area contributed by atoms with Crippen LogP contribution in [0.1, 0.15) is 18.9 Å². The van der Waals surface area contributed by atoms with E-state index in [1.54, 1.807) is 24.3 Å². The minimum Gasteiger partial charge on any atom is -0.384 e. The molecule has 0 heterocycles. The van der Waals surface area contributed by atoms with E-state index in [2.05, 4.69) is 31.9 Å². The van der Waals surface area contributed by atoms with Gasteiger partial charge in [-0.15, -0.1) is 0 Å². The number of benzene rings is 2. The van der Waals surface area contributed by atoms with E-state index < -0.39 is 0 Å². The molecule has 0 aliphatic heterocycles. The molecule has 0 fully saturated rings. The van der Waals surface area contributed by atoms with Gasteiger partial charge in [-0.3, -0.25) is 9.59 Å². The van der Waals surface area contributed by atoms with E-state index in [9.17, 15) is 9.59 Å². The van der Waals surface area contributed by atoms with Crippen molar-refractivity contribution in [3.63, 3.8) is 0 Å². The van der Waals surface area contributed by atoms with Crippen LogP contribution < -0.4 is 16.0 Å². The minimum absolute atomic E-state index is 0.0686. The molecular formula is C18H20BrN3O2. The van der Waals surface area contributed by atoms with E-state index in [0.717, 1.165) is 10.2 Å². The minimum atomic E-state index is -0.124. The van der Waals surface area contributed by atoms with Gasteiger partial charge in [0.2, 0.25) is 11.8 Å². The van der Waals surface area contributed by atoms with Crippen LogP contribution in [-0.4, -0.2) is 18.4 Å². The van der Waals surface area contributed by atoms with E-state index >= 15 is 0 Å². The Hall–Kier alpha value is -2.34. The lowest BCUT2D eigenvalue weighted by Gasteiger charge is -2.09. The van der Waals surface area contributed by atoms with E-state index in [1.807, 2.05) is 25.1 Å². The molecule has 0 spiro atoms. The van der Waals surface area contributed by atoms with Gasteiger partial charge in [-0.25, -0.2) is 0 Å². The molecule has 0 aliphatic rings. The maximum absolute atomic E-state index is 12.0. The summed E-state index contributed by atoms with van der Waals surface area (Å²) in [7, 11) is 0. The second kappa shape index (κ2) is 8.49. The van der Waals surface area contributed by atoms with Gasteiger partial charge in [-0.2, -0.15) is 0 Å². The molecule has 0 aliphatic carbocycles. The van der Waals surface area contributed by atoms with Crippen LogP contribution in [0.15, 0.2) is 46.9 Å². The van der Waals surface area contributed by atoms with Crippen molar-refractivity contribution in [1.82, 2.24) is 0 Å². The molecule has 5 nitrogen and oxygen atoms in total. The van der Waals surface area contributed by atoms with Gasteiger partial charge in [0.15, 0.2) is 0 Å². The Bertz CT molecular complexity index is 730. The predicted octanol–water partition coefficient (Wildman–Crippen LogP) is 4.16. The molecule has 2 rings (SSSR count). The molecule has 2 aromatic rings. The van der Waals surface area contributed by atoms with Gasteiger partial charge in [0.25, 0.3) is 0 Å². The molecule has 2 aromatic carbocycles. The summed E-state index contributed by atoms with van der Waals surface area (Å²) in [4.78, 5) is 22.9. The Morgan fingerprint density at radius 3 is 2.12 bits per heavy atom. The number of nitrogens with one attached hydrogen (secondary N) is 3. The number of hydrogen-bond acceptors (Lipinski definition) is 3. The number of hydrogen-bond donors (Lipinski definition) is 3. The molecule has 24 heavy (non-hydrogen) atoms.